The summed E-state index contributed by atoms with van der Waals surface area (Å²) in [5, 5.41) is 2.56. The van der Waals surface area contributed by atoms with Gasteiger partial charge in [0.1, 0.15) is 5.82 Å². The van der Waals surface area contributed by atoms with Gasteiger partial charge in [-0.15, -0.1) is 0 Å². The van der Waals surface area contributed by atoms with Crippen LogP contribution >= 0.6 is 11.8 Å². The highest BCUT2D eigenvalue weighted by molar-refractivity contribution is 8.16. The predicted molar refractivity (Wildman–Crippen MR) is 93.8 cm³/mol. The fourth-order valence-corrected chi connectivity index (χ4v) is 3.93. The van der Waals surface area contributed by atoms with Crippen molar-refractivity contribution in [2.45, 2.75) is 19.9 Å². The number of hydrogen-bond donors (Lipinski definition) is 1. The molecular weight excluding hydrogens is 342 g/mol. The van der Waals surface area contributed by atoms with E-state index in [4.69, 9.17) is 19.9 Å². The van der Waals surface area contributed by atoms with Crippen molar-refractivity contribution in [2.24, 2.45) is 10.7 Å². The van der Waals surface area contributed by atoms with E-state index in [2.05, 4.69) is 4.99 Å². The second-order valence-corrected chi connectivity index (χ2v) is 6.50. The topological polar surface area (TPSA) is 86.4 Å². The summed E-state index contributed by atoms with van der Waals surface area (Å²) in [5.74, 6) is 1.49. The second-order valence-electron chi connectivity index (χ2n) is 5.66. The molecule has 0 fully saturated rings. The number of carbonyl (C=O) groups is 1. The molecule has 0 saturated carbocycles. The van der Waals surface area contributed by atoms with E-state index < -0.39 is 12.0 Å². The maximum Gasteiger partial charge on any atom is 0.338 e. The zero-order valence-corrected chi connectivity index (χ0v) is 14.6. The Bertz CT molecular complexity index is 846. The van der Waals surface area contributed by atoms with Gasteiger partial charge in [-0.1, -0.05) is 17.8 Å². The van der Waals surface area contributed by atoms with Crippen molar-refractivity contribution < 1.29 is 19.0 Å². The molecule has 8 heteroatoms. The first-order valence-electron chi connectivity index (χ1n) is 7.87. The molecule has 0 aliphatic carbocycles. The van der Waals surface area contributed by atoms with Crippen LogP contribution in [0.25, 0.3) is 0 Å². The standard InChI is InChI=1S/C17H17N3O4S/c1-3-22-16(21)14-9(2)19-17-20(13(18)7-25-17)15(14)10-4-5-11-12(6-10)24-8-23-11/h4-7,15H,3,8,18H2,1-2H3. The largest absolute Gasteiger partial charge is 0.463 e. The highest BCUT2D eigenvalue weighted by atomic mass is 32.2. The number of nitrogens with zero attached hydrogens (tertiary/aromatic N) is 2. The third kappa shape index (κ3) is 2.53. The number of ether oxygens (including phenoxy) is 3. The average molecular weight is 359 g/mol. The minimum absolute atomic E-state index is 0.192. The van der Waals surface area contributed by atoms with Crippen molar-refractivity contribution in [3.05, 3.63) is 46.3 Å². The third-order valence-electron chi connectivity index (χ3n) is 4.16. The molecule has 2 N–H and O–H groups in total. The summed E-state index contributed by atoms with van der Waals surface area (Å²) < 4.78 is 16.1. The van der Waals surface area contributed by atoms with E-state index in [1.54, 1.807) is 6.92 Å². The van der Waals surface area contributed by atoms with E-state index in [0.29, 0.717) is 35.2 Å². The number of fused-ring (bicyclic) bond motifs is 2. The Balaban J connectivity index is 1.84. The predicted octanol–water partition coefficient (Wildman–Crippen LogP) is 2.47. The van der Waals surface area contributed by atoms with Gasteiger partial charge >= 0.3 is 5.97 Å². The Morgan fingerprint density at radius 1 is 1.44 bits per heavy atom. The normalized spacial score (nSPS) is 21.0. The van der Waals surface area contributed by atoms with Crippen LogP contribution in [-0.2, 0) is 9.53 Å². The van der Waals surface area contributed by atoms with Crippen molar-refractivity contribution in [1.82, 2.24) is 4.90 Å². The Morgan fingerprint density at radius 2 is 2.24 bits per heavy atom. The van der Waals surface area contributed by atoms with E-state index in [0.717, 1.165) is 10.7 Å². The molecule has 4 rings (SSSR count). The van der Waals surface area contributed by atoms with Crippen LogP contribution in [0.2, 0.25) is 0 Å². The number of esters is 1. The quantitative estimate of drug-likeness (QED) is 0.830. The van der Waals surface area contributed by atoms with E-state index in [1.807, 2.05) is 35.4 Å². The first-order valence-corrected chi connectivity index (χ1v) is 8.75. The number of benzene rings is 1. The molecule has 25 heavy (non-hydrogen) atoms. The van der Waals surface area contributed by atoms with E-state index in [9.17, 15) is 4.79 Å². The highest BCUT2D eigenvalue weighted by Gasteiger charge is 2.40. The smallest absolute Gasteiger partial charge is 0.338 e. The minimum Gasteiger partial charge on any atom is -0.463 e. The zero-order chi connectivity index (χ0) is 17.6. The maximum absolute atomic E-state index is 12.6. The van der Waals surface area contributed by atoms with Crippen LogP contribution in [0.4, 0.5) is 0 Å². The SMILES string of the molecule is CCOC(=O)C1=C(C)N=C2SC=C(N)N2C1c1ccc2c(c1)OCO2. The molecule has 0 bridgehead atoms. The summed E-state index contributed by atoms with van der Waals surface area (Å²) >= 11 is 1.44. The average Bonchev–Trinajstić information content (AvgIpc) is 3.20. The second kappa shape index (κ2) is 6.03. The number of amidine groups is 1. The van der Waals surface area contributed by atoms with Gasteiger partial charge in [-0.05, 0) is 31.5 Å². The van der Waals surface area contributed by atoms with Crippen LogP contribution in [0.1, 0.15) is 25.5 Å². The van der Waals surface area contributed by atoms with E-state index in [-0.39, 0.29) is 6.79 Å². The summed E-state index contributed by atoms with van der Waals surface area (Å²) in [5.41, 5.74) is 8.13. The van der Waals surface area contributed by atoms with Crippen LogP contribution in [0.15, 0.2) is 45.7 Å². The van der Waals surface area contributed by atoms with Gasteiger partial charge in [0.15, 0.2) is 16.7 Å². The summed E-state index contributed by atoms with van der Waals surface area (Å²) in [6.07, 6.45) is 0. The molecule has 7 nitrogen and oxygen atoms in total. The molecule has 0 saturated heterocycles. The van der Waals surface area contributed by atoms with Crippen molar-refractivity contribution in [2.75, 3.05) is 13.4 Å². The van der Waals surface area contributed by atoms with Gasteiger partial charge in [0, 0.05) is 5.41 Å². The minimum atomic E-state index is -0.424. The molecule has 1 unspecified atom stereocenters. The molecule has 3 heterocycles. The van der Waals surface area contributed by atoms with Gasteiger partial charge in [-0.2, -0.15) is 0 Å². The summed E-state index contributed by atoms with van der Waals surface area (Å²) in [6, 6.07) is 5.19. The Labute approximate surface area is 149 Å². The number of hydrogen-bond acceptors (Lipinski definition) is 8. The van der Waals surface area contributed by atoms with Gasteiger partial charge in [-0.25, -0.2) is 9.79 Å². The van der Waals surface area contributed by atoms with Gasteiger partial charge in [-0.3, -0.25) is 4.90 Å². The molecule has 0 amide bonds. The molecule has 0 radical (unpaired) electrons. The molecule has 1 atom stereocenters. The first-order chi connectivity index (χ1) is 12.1. The molecule has 3 aliphatic rings. The third-order valence-corrected chi connectivity index (χ3v) is 5.02. The summed E-state index contributed by atoms with van der Waals surface area (Å²) in [4.78, 5) is 19.0. The summed E-state index contributed by atoms with van der Waals surface area (Å²) in [7, 11) is 0. The lowest BCUT2D eigenvalue weighted by molar-refractivity contribution is -0.139. The lowest BCUT2D eigenvalue weighted by atomic mass is 9.94. The number of rotatable bonds is 3. The van der Waals surface area contributed by atoms with Crippen LogP contribution in [0.3, 0.4) is 0 Å². The van der Waals surface area contributed by atoms with E-state index in [1.165, 1.54) is 11.8 Å². The highest BCUT2D eigenvalue weighted by Crippen LogP contribution is 2.45. The van der Waals surface area contributed by atoms with E-state index >= 15 is 0 Å². The lowest BCUT2D eigenvalue weighted by Crippen LogP contribution is -2.38. The maximum atomic E-state index is 12.6. The lowest BCUT2D eigenvalue weighted by Gasteiger charge is -2.35. The number of carbonyl (C=O) groups excluding carboxylic acids is 1. The molecule has 1 aromatic rings. The number of aliphatic imine (C=N–C) groups is 1. The fraction of sp³-hybridized carbons (Fsp3) is 0.294. The van der Waals surface area contributed by atoms with Crippen LogP contribution in [-0.4, -0.2) is 29.4 Å². The molecule has 0 spiro atoms. The first kappa shape index (κ1) is 15.9. The van der Waals surface area contributed by atoms with Crippen molar-refractivity contribution in [1.29, 1.82) is 0 Å². The summed E-state index contributed by atoms with van der Waals surface area (Å²) in [6.45, 7) is 4.07. The van der Waals surface area contributed by atoms with Gasteiger partial charge in [0.2, 0.25) is 6.79 Å². The molecule has 3 aliphatic heterocycles. The van der Waals surface area contributed by atoms with Gasteiger partial charge in [0.05, 0.1) is 23.9 Å². The Kier molecular flexibility index (Phi) is 3.84. The van der Waals surface area contributed by atoms with Crippen molar-refractivity contribution in [3.8, 4) is 11.5 Å². The molecular formula is C17H17N3O4S. The Hall–Kier alpha value is -2.61. The number of allylic oxidation sites excluding steroid dienone is 1. The zero-order valence-electron chi connectivity index (χ0n) is 13.8. The van der Waals surface area contributed by atoms with Crippen LogP contribution in [0, 0.1) is 0 Å². The Morgan fingerprint density at radius 3 is 3.04 bits per heavy atom. The van der Waals surface area contributed by atoms with Crippen LogP contribution < -0.4 is 15.2 Å². The number of thioether (sulfide) groups is 1. The van der Waals surface area contributed by atoms with Gasteiger partial charge in [0.25, 0.3) is 0 Å². The molecule has 0 aromatic heterocycles. The molecule has 1 aromatic carbocycles. The molecule has 130 valence electrons. The fourth-order valence-electron chi connectivity index (χ4n) is 3.07. The van der Waals surface area contributed by atoms with Gasteiger partial charge < -0.3 is 19.9 Å². The van der Waals surface area contributed by atoms with Crippen molar-refractivity contribution in [3.63, 3.8) is 0 Å². The van der Waals surface area contributed by atoms with Crippen LogP contribution in [0.5, 0.6) is 11.5 Å². The van der Waals surface area contributed by atoms with Crippen molar-refractivity contribution >= 4 is 22.9 Å². The number of nitrogens with two attached hydrogens (primary N) is 1. The monoisotopic (exact) mass is 359 g/mol.